The first-order valence-corrected chi connectivity index (χ1v) is 8.94. The van der Waals surface area contributed by atoms with Crippen molar-refractivity contribution in [2.24, 2.45) is 11.8 Å². The van der Waals surface area contributed by atoms with Gasteiger partial charge in [0.2, 0.25) is 0 Å². The smallest absolute Gasteiger partial charge is 0.195 e. The maximum Gasteiger partial charge on any atom is 0.195 e. The van der Waals surface area contributed by atoms with Crippen LogP contribution in [0, 0.1) is 11.8 Å². The molecule has 1 saturated carbocycles. The summed E-state index contributed by atoms with van der Waals surface area (Å²) in [6.07, 6.45) is 11.1. The Labute approximate surface area is 137 Å². The minimum absolute atomic E-state index is 0.0530. The van der Waals surface area contributed by atoms with Crippen molar-refractivity contribution in [3.63, 3.8) is 0 Å². The molecule has 1 aliphatic carbocycles. The van der Waals surface area contributed by atoms with E-state index >= 15 is 0 Å². The Morgan fingerprint density at radius 1 is 1.13 bits per heavy atom. The molecule has 126 valence electrons. The summed E-state index contributed by atoms with van der Waals surface area (Å²) < 4.78 is 7.49. The van der Waals surface area contributed by atoms with E-state index in [0.717, 1.165) is 63.2 Å². The molecule has 1 aromatic rings. The van der Waals surface area contributed by atoms with E-state index in [1.807, 2.05) is 6.20 Å². The quantitative estimate of drug-likeness (QED) is 0.800. The van der Waals surface area contributed by atoms with Crippen molar-refractivity contribution in [3.05, 3.63) is 33.7 Å². The number of aldehydes is 1. The summed E-state index contributed by atoms with van der Waals surface area (Å²) in [5.41, 5.74) is 1.12. The third-order valence-corrected chi connectivity index (χ3v) is 5.53. The van der Waals surface area contributed by atoms with Crippen LogP contribution in [0.1, 0.15) is 67.3 Å². The molecule has 3 rings (SSSR count). The molecule has 0 radical (unpaired) electrons. The number of carbonyl (C=O) groups is 1. The Morgan fingerprint density at radius 2 is 1.83 bits per heavy atom. The molecule has 1 aliphatic heterocycles. The minimum atomic E-state index is -0.0530. The van der Waals surface area contributed by atoms with Crippen LogP contribution >= 0.6 is 0 Å². The van der Waals surface area contributed by atoms with Gasteiger partial charge in [-0.2, -0.15) is 0 Å². The first-order valence-electron chi connectivity index (χ1n) is 8.94. The van der Waals surface area contributed by atoms with Crippen LogP contribution in [-0.4, -0.2) is 24.1 Å². The number of pyridine rings is 1. The lowest BCUT2D eigenvalue weighted by Crippen LogP contribution is -2.25. The molecule has 0 bridgehead atoms. The molecule has 1 saturated heterocycles. The highest BCUT2D eigenvalue weighted by atomic mass is 16.5. The summed E-state index contributed by atoms with van der Waals surface area (Å²) in [6.45, 7) is 4.79. The van der Waals surface area contributed by atoms with Crippen LogP contribution in [0.25, 0.3) is 0 Å². The molecule has 2 fully saturated rings. The molecular weight excluding hydrogens is 290 g/mol. The molecule has 0 aromatic carbocycles. The first kappa shape index (κ1) is 16.4. The van der Waals surface area contributed by atoms with Gasteiger partial charge >= 0.3 is 0 Å². The number of aromatic nitrogens is 1. The second-order valence-electron chi connectivity index (χ2n) is 7.33. The molecule has 4 nitrogen and oxygen atoms in total. The molecule has 0 amide bonds. The van der Waals surface area contributed by atoms with Gasteiger partial charge in [0.25, 0.3) is 0 Å². The van der Waals surface area contributed by atoms with Crippen molar-refractivity contribution >= 4 is 6.29 Å². The lowest BCUT2D eigenvalue weighted by molar-refractivity contribution is 0.0611. The van der Waals surface area contributed by atoms with Crippen LogP contribution in [0.4, 0.5) is 0 Å². The van der Waals surface area contributed by atoms with Gasteiger partial charge < -0.3 is 9.30 Å². The molecule has 2 heterocycles. The summed E-state index contributed by atoms with van der Waals surface area (Å²) >= 11 is 0. The SMILES string of the molecule is CC1CCC(c2cn(CC3CCOCC3)cc(C=O)c2=O)CC1. The van der Waals surface area contributed by atoms with E-state index in [0.29, 0.717) is 17.4 Å². The number of hydrogen-bond donors (Lipinski definition) is 0. The molecule has 0 atom stereocenters. The number of ether oxygens (including phenoxy) is 1. The Hall–Kier alpha value is -1.42. The first-order chi connectivity index (χ1) is 11.2. The van der Waals surface area contributed by atoms with Crippen molar-refractivity contribution in [2.75, 3.05) is 13.2 Å². The molecule has 4 heteroatoms. The predicted molar refractivity (Wildman–Crippen MR) is 90.0 cm³/mol. The van der Waals surface area contributed by atoms with E-state index in [2.05, 4.69) is 11.5 Å². The summed E-state index contributed by atoms with van der Waals surface area (Å²) in [5.74, 6) is 1.65. The topological polar surface area (TPSA) is 48.3 Å². The average molecular weight is 317 g/mol. The summed E-state index contributed by atoms with van der Waals surface area (Å²) in [5, 5.41) is 0. The summed E-state index contributed by atoms with van der Waals surface area (Å²) in [4.78, 5) is 23.9. The van der Waals surface area contributed by atoms with E-state index in [4.69, 9.17) is 4.74 Å². The predicted octanol–water partition coefficient (Wildman–Crippen LogP) is 3.38. The number of rotatable bonds is 4. The van der Waals surface area contributed by atoms with Crippen molar-refractivity contribution in [1.29, 1.82) is 0 Å². The second kappa shape index (κ2) is 7.43. The van der Waals surface area contributed by atoms with Crippen molar-refractivity contribution in [3.8, 4) is 0 Å². The van der Waals surface area contributed by atoms with Crippen LogP contribution in [-0.2, 0) is 11.3 Å². The summed E-state index contributed by atoms with van der Waals surface area (Å²) in [7, 11) is 0. The fourth-order valence-corrected chi connectivity index (χ4v) is 3.96. The Balaban J connectivity index is 1.84. The van der Waals surface area contributed by atoms with Crippen LogP contribution in [0.15, 0.2) is 17.2 Å². The minimum Gasteiger partial charge on any atom is -0.381 e. The van der Waals surface area contributed by atoms with Gasteiger partial charge in [0.15, 0.2) is 11.7 Å². The molecular formula is C19H27NO3. The molecule has 0 N–H and O–H groups in total. The largest absolute Gasteiger partial charge is 0.381 e. The van der Waals surface area contributed by atoms with Gasteiger partial charge in [-0.1, -0.05) is 19.8 Å². The van der Waals surface area contributed by atoms with Crippen LogP contribution in [0.5, 0.6) is 0 Å². The maximum absolute atomic E-state index is 12.6. The van der Waals surface area contributed by atoms with E-state index in [-0.39, 0.29) is 5.43 Å². The van der Waals surface area contributed by atoms with Gasteiger partial charge in [0.05, 0.1) is 5.56 Å². The van der Waals surface area contributed by atoms with Gasteiger partial charge in [-0.25, -0.2) is 0 Å². The third-order valence-electron chi connectivity index (χ3n) is 5.53. The lowest BCUT2D eigenvalue weighted by atomic mass is 9.79. The average Bonchev–Trinajstić information content (AvgIpc) is 2.58. The van der Waals surface area contributed by atoms with Gasteiger partial charge in [-0.3, -0.25) is 9.59 Å². The maximum atomic E-state index is 12.6. The molecule has 0 unspecified atom stereocenters. The van der Waals surface area contributed by atoms with E-state index < -0.39 is 0 Å². The fraction of sp³-hybridized carbons (Fsp3) is 0.684. The molecule has 2 aliphatic rings. The fourth-order valence-electron chi connectivity index (χ4n) is 3.96. The van der Waals surface area contributed by atoms with Crippen molar-refractivity contribution in [2.45, 2.75) is 57.9 Å². The van der Waals surface area contributed by atoms with Gasteiger partial charge in [0, 0.05) is 37.7 Å². The zero-order valence-corrected chi connectivity index (χ0v) is 14.0. The van der Waals surface area contributed by atoms with E-state index in [9.17, 15) is 9.59 Å². The Morgan fingerprint density at radius 3 is 2.48 bits per heavy atom. The highest BCUT2D eigenvalue weighted by molar-refractivity contribution is 5.74. The van der Waals surface area contributed by atoms with E-state index in [1.165, 1.54) is 12.8 Å². The Bertz CT molecular complexity index is 593. The van der Waals surface area contributed by atoms with Gasteiger partial charge in [-0.15, -0.1) is 0 Å². The van der Waals surface area contributed by atoms with Gasteiger partial charge in [0.1, 0.15) is 0 Å². The van der Waals surface area contributed by atoms with Crippen LogP contribution in [0.2, 0.25) is 0 Å². The molecule has 23 heavy (non-hydrogen) atoms. The monoisotopic (exact) mass is 317 g/mol. The zero-order valence-electron chi connectivity index (χ0n) is 14.0. The Kier molecular flexibility index (Phi) is 5.31. The van der Waals surface area contributed by atoms with Crippen LogP contribution in [0.3, 0.4) is 0 Å². The second-order valence-corrected chi connectivity index (χ2v) is 7.33. The zero-order chi connectivity index (χ0) is 16.2. The van der Waals surface area contributed by atoms with Crippen molar-refractivity contribution < 1.29 is 9.53 Å². The normalized spacial score (nSPS) is 26.1. The molecule has 1 aromatic heterocycles. The highest BCUT2D eigenvalue weighted by Gasteiger charge is 2.24. The standard InChI is InChI=1S/C19H27NO3/c1-14-2-4-16(5-3-14)18-12-20(11-17(13-21)19(18)22)10-15-6-8-23-9-7-15/h11-16H,2-10H2,1H3. The third kappa shape index (κ3) is 3.92. The number of carbonyl (C=O) groups excluding carboxylic acids is 1. The van der Waals surface area contributed by atoms with Crippen molar-refractivity contribution in [1.82, 2.24) is 4.57 Å². The van der Waals surface area contributed by atoms with Crippen LogP contribution < -0.4 is 5.43 Å². The van der Waals surface area contributed by atoms with E-state index in [1.54, 1.807) is 6.20 Å². The number of nitrogens with zero attached hydrogens (tertiary/aromatic N) is 1. The highest BCUT2D eigenvalue weighted by Crippen LogP contribution is 2.34. The summed E-state index contributed by atoms with van der Waals surface area (Å²) in [6, 6.07) is 0. The molecule has 0 spiro atoms. The lowest BCUT2D eigenvalue weighted by Gasteiger charge is -2.27. The number of hydrogen-bond acceptors (Lipinski definition) is 3. The van der Waals surface area contributed by atoms with Gasteiger partial charge in [-0.05, 0) is 43.4 Å².